The van der Waals surface area contributed by atoms with Gasteiger partial charge in [0.1, 0.15) is 5.60 Å². The van der Waals surface area contributed by atoms with Crippen LogP contribution in [0.3, 0.4) is 0 Å². The Kier molecular flexibility index (Phi) is 10.8. The molecule has 0 aromatic heterocycles. The van der Waals surface area contributed by atoms with Crippen LogP contribution in [0.5, 0.6) is 0 Å². The van der Waals surface area contributed by atoms with E-state index in [1.807, 2.05) is 0 Å². The van der Waals surface area contributed by atoms with Gasteiger partial charge in [-0.25, -0.2) is 0 Å². The van der Waals surface area contributed by atoms with Crippen LogP contribution in [0.2, 0.25) is 36.3 Å². The molecule has 0 aromatic rings. The zero-order valence-electron chi connectivity index (χ0n) is 32.5. The molecule has 260 valence electrons. The van der Waals surface area contributed by atoms with Crippen molar-refractivity contribution in [3.05, 3.63) is 23.3 Å². The number of fused-ring (bicyclic) bond motifs is 1. The quantitative estimate of drug-likeness (QED) is 0.182. The lowest BCUT2D eigenvalue weighted by Crippen LogP contribution is -2.57. The summed E-state index contributed by atoms with van der Waals surface area (Å²) >= 11 is 0. The first-order valence-electron chi connectivity index (χ1n) is 18.8. The van der Waals surface area contributed by atoms with E-state index in [1.165, 1.54) is 56.9 Å². The van der Waals surface area contributed by atoms with E-state index >= 15 is 0 Å². The highest BCUT2D eigenvalue weighted by molar-refractivity contribution is 6.74. The van der Waals surface area contributed by atoms with Crippen molar-refractivity contribution in [2.24, 2.45) is 28.6 Å². The topological polar surface area (TPSA) is 31.0 Å². The normalized spacial score (nSPS) is 35.7. The van der Waals surface area contributed by atoms with Gasteiger partial charge in [-0.05, 0) is 116 Å². The number of epoxide rings is 1. The Morgan fingerprint density at radius 3 is 1.87 bits per heavy atom. The summed E-state index contributed by atoms with van der Waals surface area (Å²) in [5, 5.41) is 0.329. The molecule has 7 atom stereocenters. The van der Waals surface area contributed by atoms with E-state index in [1.54, 1.807) is 5.57 Å². The molecule has 3 nitrogen and oxygen atoms in total. The fourth-order valence-corrected chi connectivity index (χ4v) is 11.3. The molecule has 4 fully saturated rings. The molecule has 1 aliphatic heterocycles. The standard InChI is InChI=1S/C40H74O3Si2/c1-29(18-16-24-36(2,3)4)32-22-23-33-31(19-17-25-39(32,33)11)21-20-30-26-34(42-44(12,13)37(5,6)7)40(28-41-40)35(27-30)43-45(14,15)38(8,9)10/h20-21,29,32-35H,16-19,22-28H2,1-15H3/b30-20?,31-21+/t29-,32?,33?,34-,35+,39?,40?/m0/s1. The van der Waals surface area contributed by atoms with Crippen LogP contribution < -0.4 is 0 Å². The van der Waals surface area contributed by atoms with Gasteiger partial charge in [-0.2, -0.15) is 0 Å². The molecule has 3 saturated carbocycles. The van der Waals surface area contributed by atoms with E-state index < -0.39 is 16.6 Å². The lowest BCUT2D eigenvalue weighted by molar-refractivity contribution is -0.0172. The minimum Gasteiger partial charge on any atom is -0.410 e. The Balaban J connectivity index is 1.58. The third-order valence-corrected chi connectivity index (χ3v) is 22.8. The molecule has 4 unspecified atom stereocenters. The Morgan fingerprint density at radius 1 is 0.867 bits per heavy atom. The van der Waals surface area contributed by atoms with Crippen molar-refractivity contribution >= 4 is 16.6 Å². The molecule has 0 amide bonds. The molecule has 4 aliphatic rings. The van der Waals surface area contributed by atoms with E-state index in [4.69, 9.17) is 13.6 Å². The number of hydrogen-bond donors (Lipinski definition) is 0. The van der Waals surface area contributed by atoms with E-state index in [0.29, 0.717) is 10.8 Å². The van der Waals surface area contributed by atoms with E-state index in [2.05, 4.69) is 115 Å². The molecule has 1 saturated heterocycles. The monoisotopic (exact) mass is 659 g/mol. The van der Waals surface area contributed by atoms with Crippen LogP contribution in [0.25, 0.3) is 0 Å². The second kappa shape index (κ2) is 12.9. The van der Waals surface area contributed by atoms with Crippen molar-refractivity contribution in [3.8, 4) is 0 Å². The summed E-state index contributed by atoms with van der Waals surface area (Å²) in [5.41, 5.74) is 3.87. The molecule has 0 bridgehead atoms. The summed E-state index contributed by atoms with van der Waals surface area (Å²) in [5.74, 6) is 2.44. The van der Waals surface area contributed by atoms with Gasteiger partial charge in [0, 0.05) is 0 Å². The maximum Gasteiger partial charge on any atom is 0.192 e. The van der Waals surface area contributed by atoms with E-state index in [0.717, 1.165) is 37.2 Å². The van der Waals surface area contributed by atoms with Crippen LogP contribution in [0.4, 0.5) is 0 Å². The number of ether oxygens (including phenoxy) is 1. The van der Waals surface area contributed by atoms with Gasteiger partial charge in [-0.3, -0.25) is 0 Å². The second-order valence-corrected chi connectivity index (χ2v) is 30.0. The molecule has 1 heterocycles. The number of hydrogen-bond acceptors (Lipinski definition) is 3. The number of rotatable bonds is 9. The average Bonchev–Trinajstić information content (AvgIpc) is 3.58. The Hall–Kier alpha value is -0.206. The zero-order valence-corrected chi connectivity index (χ0v) is 34.5. The van der Waals surface area contributed by atoms with Gasteiger partial charge in [-0.15, -0.1) is 0 Å². The third-order valence-electron chi connectivity index (χ3n) is 13.8. The zero-order chi connectivity index (χ0) is 33.9. The van der Waals surface area contributed by atoms with Gasteiger partial charge in [0.05, 0.1) is 18.8 Å². The van der Waals surface area contributed by atoms with Gasteiger partial charge < -0.3 is 13.6 Å². The molecule has 0 N–H and O–H groups in total. The molecular formula is C40H74O3Si2. The number of allylic oxidation sites excluding steroid dienone is 3. The van der Waals surface area contributed by atoms with Gasteiger partial charge in [0.15, 0.2) is 16.6 Å². The van der Waals surface area contributed by atoms with E-state index in [-0.39, 0.29) is 27.9 Å². The van der Waals surface area contributed by atoms with Gasteiger partial charge in [-0.1, -0.05) is 112 Å². The predicted molar refractivity (Wildman–Crippen MR) is 199 cm³/mol. The van der Waals surface area contributed by atoms with Crippen molar-refractivity contribution in [1.82, 2.24) is 0 Å². The Labute approximate surface area is 282 Å². The van der Waals surface area contributed by atoms with Crippen LogP contribution in [0.15, 0.2) is 23.3 Å². The van der Waals surface area contributed by atoms with Crippen LogP contribution in [0.1, 0.15) is 140 Å². The summed E-state index contributed by atoms with van der Waals surface area (Å²) < 4.78 is 20.9. The SMILES string of the molecule is C[C@@H](CCCC(C)(C)C)C1CCC2/C(=C/C=C3C[C@H](O[Si](C)(C)C(C)(C)C)C4(CO4)[C@H](O[Si](C)(C)C(C)(C)C)C3)CCCC21C. The Bertz CT molecular complexity index is 1050. The van der Waals surface area contributed by atoms with Crippen LogP contribution in [0, 0.1) is 28.6 Å². The van der Waals surface area contributed by atoms with Crippen molar-refractivity contribution in [2.75, 3.05) is 6.61 Å². The summed E-state index contributed by atoms with van der Waals surface area (Å²) in [6.07, 6.45) is 18.1. The molecule has 0 aromatic carbocycles. The van der Waals surface area contributed by atoms with Gasteiger partial charge in [0.25, 0.3) is 0 Å². The first kappa shape index (κ1) is 37.6. The molecule has 5 heteroatoms. The predicted octanol–water partition coefficient (Wildman–Crippen LogP) is 12.3. The van der Waals surface area contributed by atoms with Crippen molar-refractivity contribution in [2.45, 2.75) is 194 Å². The van der Waals surface area contributed by atoms with E-state index in [9.17, 15) is 0 Å². The first-order valence-corrected chi connectivity index (χ1v) is 24.6. The summed E-state index contributed by atoms with van der Waals surface area (Å²) in [6.45, 7) is 36.9. The average molecular weight is 659 g/mol. The minimum absolute atomic E-state index is 0.0768. The highest BCUT2D eigenvalue weighted by atomic mass is 28.4. The fourth-order valence-electron chi connectivity index (χ4n) is 8.65. The smallest absolute Gasteiger partial charge is 0.192 e. The maximum atomic E-state index is 7.24. The maximum absolute atomic E-state index is 7.24. The lowest BCUT2D eigenvalue weighted by Gasteiger charge is -2.48. The fraction of sp³-hybridized carbons (Fsp3) is 0.900. The molecule has 45 heavy (non-hydrogen) atoms. The van der Waals surface area contributed by atoms with Crippen molar-refractivity contribution < 1.29 is 13.6 Å². The molecule has 4 rings (SSSR count). The molecular weight excluding hydrogens is 585 g/mol. The third kappa shape index (κ3) is 8.16. The second-order valence-electron chi connectivity index (χ2n) is 20.5. The summed E-state index contributed by atoms with van der Waals surface area (Å²) in [4.78, 5) is 0. The minimum atomic E-state index is -1.98. The largest absolute Gasteiger partial charge is 0.410 e. The van der Waals surface area contributed by atoms with Crippen LogP contribution in [-0.2, 0) is 13.6 Å². The summed E-state index contributed by atoms with van der Waals surface area (Å²) in [6, 6.07) is 0. The highest BCUT2D eigenvalue weighted by Crippen LogP contribution is 2.60. The highest BCUT2D eigenvalue weighted by Gasteiger charge is 2.63. The van der Waals surface area contributed by atoms with Crippen LogP contribution in [-0.4, -0.2) is 41.1 Å². The van der Waals surface area contributed by atoms with Gasteiger partial charge in [0.2, 0.25) is 0 Å². The summed E-state index contributed by atoms with van der Waals surface area (Å²) in [7, 11) is -3.97. The first-order chi connectivity index (χ1) is 20.4. The van der Waals surface area contributed by atoms with Gasteiger partial charge >= 0.3 is 0 Å². The van der Waals surface area contributed by atoms with Crippen molar-refractivity contribution in [1.29, 1.82) is 0 Å². The molecule has 1 spiro atoms. The van der Waals surface area contributed by atoms with Crippen LogP contribution >= 0.6 is 0 Å². The molecule has 3 aliphatic carbocycles. The lowest BCUT2D eigenvalue weighted by atomic mass is 9.60. The Morgan fingerprint density at radius 2 is 1.40 bits per heavy atom. The molecule has 0 radical (unpaired) electrons. The van der Waals surface area contributed by atoms with Crippen molar-refractivity contribution in [3.63, 3.8) is 0 Å².